The number of hydrogen-bond acceptors (Lipinski definition) is 3. The predicted octanol–water partition coefficient (Wildman–Crippen LogP) is 0.241. The van der Waals surface area contributed by atoms with Gasteiger partial charge < -0.3 is 10.1 Å². The molecule has 14 heavy (non-hydrogen) atoms. The van der Waals surface area contributed by atoms with Crippen LogP contribution in [-0.4, -0.2) is 29.3 Å². The second-order valence-electron chi connectivity index (χ2n) is 3.85. The fourth-order valence-corrected chi connectivity index (χ4v) is 2.17. The van der Waals surface area contributed by atoms with Gasteiger partial charge in [-0.2, -0.15) is 5.10 Å². The summed E-state index contributed by atoms with van der Waals surface area (Å²) in [7, 11) is 0. The monoisotopic (exact) mass is 193 g/mol. The second-order valence-corrected chi connectivity index (χ2v) is 3.85. The van der Waals surface area contributed by atoms with Gasteiger partial charge >= 0.3 is 0 Å². The van der Waals surface area contributed by atoms with Crippen LogP contribution in [-0.2, 0) is 9.53 Å². The van der Waals surface area contributed by atoms with Crippen LogP contribution in [0.4, 0.5) is 5.82 Å². The molecule has 0 bridgehead atoms. The first-order chi connectivity index (χ1) is 6.86. The minimum atomic E-state index is 0.0903. The zero-order valence-electron chi connectivity index (χ0n) is 7.56. The maximum absolute atomic E-state index is 11.7. The molecule has 3 rings (SSSR count). The van der Waals surface area contributed by atoms with Gasteiger partial charge in [-0.3, -0.25) is 9.89 Å². The molecule has 2 fully saturated rings. The van der Waals surface area contributed by atoms with Crippen molar-refractivity contribution in [1.82, 2.24) is 10.2 Å². The molecule has 2 unspecified atom stereocenters. The van der Waals surface area contributed by atoms with Crippen LogP contribution in [0.5, 0.6) is 0 Å². The highest BCUT2D eigenvalue weighted by molar-refractivity contribution is 5.94. The average molecular weight is 193 g/mol. The quantitative estimate of drug-likeness (QED) is 0.707. The Morgan fingerprint density at radius 1 is 1.57 bits per heavy atom. The minimum absolute atomic E-state index is 0.0903. The zero-order chi connectivity index (χ0) is 9.54. The third-order valence-corrected chi connectivity index (χ3v) is 3.01. The summed E-state index contributed by atoms with van der Waals surface area (Å²) in [5.41, 5.74) is 0. The van der Waals surface area contributed by atoms with Gasteiger partial charge in [0.05, 0.1) is 19.4 Å². The van der Waals surface area contributed by atoms with Crippen LogP contribution in [0.25, 0.3) is 0 Å². The summed E-state index contributed by atoms with van der Waals surface area (Å²) in [6, 6.07) is 1.74. The summed E-state index contributed by atoms with van der Waals surface area (Å²) in [6.07, 6.45) is 1.62. The molecule has 5 heteroatoms. The first kappa shape index (κ1) is 7.99. The summed E-state index contributed by atoms with van der Waals surface area (Å²) in [4.78, 5) is 11.7. The maximum Gasteiger partial charge on any atom is 0.229 e. The van der Waals surface area contributed by atoms with Crippen LogP contribution in [0, 0.1) is 17.8 Å². The molecule has 2 aliphatic rings. The van der Waals surface area contributed by atoms with Crippen molar-refractivity contribution < 1.29 is 9.53 Å². The largest absolute Gasteiger partial charge is 0.381 e. The highest BCUT2D eigenvalue weighted by Crippen LogP contribution is 2.50. The van der Waals surface area contributed by atoms with Crippen molar-refractivity contribution in [3.8, 4) is 0 Å². The Kier molecular flexibility index (Phi) is 1.61. The zero-order valence-corrected chi connectivity index (χ0v) is 7.56. The Balaban J connectivity index is 1.62. The molecule has 1 amide bonds. The van der Waals surface area contributed by atoms with E-state index < -0.39 is 0 Å². The molecule has 0 aromatic carbocycles. The third kappa shape index (κ3) is 1.13. The molecule has 1 saturated carbocycles. The molecular formula is C9H11N3O2. The lowest BCUT2D eigenvalue weighted by Gasteiger charge is -2.04. The molecule has 1 aliphatic carbocycles. The Morgan fingerprint density at radius 2 is 2.36 bits per heavy atom. The summed E-state index contributed by atoms with van der Waals surface area (Å²) in [5.74, 6) is 1.83. The Hall–Kier alpha value is -1.36. The summed E-state index contributed by atoms with van der Waals surface area (Å²) < 4.78 is 5.22. The predicted molar refractivity (Wildman–Crippen MR) is 48.5 cm³/mol. The number of anilines is 1. The van der Waals surface area contributed by atoms with E-state index in [4.69, 9.17) is 4.74 Å². The van der Waals surface area contributed by atoms with Crippen molar-refractivity contribution in [2.75, 3.05) is 18.5 Å². The number of ether oxygens (including phenoxy) is 1. The summed E-state index contributed by atoms with van der Waals surface area (Å²) in [5, 5.41) is 9.27. The molecule has 1 saturated heterocycles. The number of fused-ring (bicyclic) bond motifs is 1. The number of carbonyl (C=O) groups excluding carboxylic acids is 1. The summed E-state index contributed by atoms with van der Waals surface area (Å²) in [6.45, 7) is 1.48. The lowest BCUT2D eigenvalue weighted by atomic mass is 10.3. The minimum Gasteiger partial charge on any atom is -0.381 e. The molecule has 2 atom stereocenters. The molecule has 1 aromatic rings. The van der Waals surface area contributed by atoms with Gasteiger partial charge in [-0.1, -0.05) is 0 Å². The van der Waals surface area contributed by atoms with E-state index in [1.54, 1.807) is 12.3 Å². The molecular weight excluding hydrogens is 182 g/mol. The van der Waals surface area contributed by atoms with Crippen molar-refractivity contribution in [1.29, 1.82) is 0 Å². The Bertz CT molecular complexity index is 339. The molecule has 74 valence electrons. The Morgan fingerprint density at radius 3 is 3.00 bits per heavy atom. The molecule has 5 nitrogen and oxygen atoms in total. The molecule has 1 aliphatic heterocycles. The van der Waals surface area contributed by atoms with Crippen LogP contribution in [0.3, 0.4) is 0 Å². The van der Waals surface area contributed by atoms with Crippen LogP contribution in [0.2, 0.25) is 0 Å². The molecule has 2 heterocycles. The van der Waals surface area contributed by atoms with E-state index in [1.165, 1.54) is 0 Å². The number of aromatic nitrogens is 2. The summed E-state index contributed by atoms with van der Waals surface area (Å²) >= 11 is 0. The van der Waals surface area contributed by atoms with Crippen LogP contribution >= 0.6 is 0 Å². The van der Waals surface area contributed by atoms with Gasteiger partial charge in [-0.05, 0) is 11.8 Å². The Labute approximate surface area is 80.8 Å². The fraction of sp³-hybridized carbons (Fsp3) is 0.556. The van der Waals surface area contributed by atoms with Crippen molar-refractivity contribution in [2.45, 2.75) is 0 Å². The van der Waals surface area contributed by atoms with Gasteiger partial charge in [0.2, 0.25) is 5.91 Å². The molecule has 0 radical (unpaired) electrons. The van der Waals surface area contributed by atoms with E-state index >= 15 is 0 Å². The molecule has 1 aromatic heterocycles. The van der Waals surface area contributed by atoms with E-state index in [-0.39, 0.29) is 11.8 Å². The first-order valence-corrected chi connectivity index (χ1v) is 4.74. The SMILES string of the molecule is O=C(Nc1ccn[nH]1)C1C2COCC21. The molecule has 0 spiro atoms. The van der Waals surface area contributed by atoms with E-state index in [2.05, 4.69) is 15.5 Å². The number of aromatic amines is 1. The number of amides is 1. The van der Waals surface area contributed by atoms with E-state index in [1.807, 2.05) is 0 Å². The third-order valence-electron chi connectivity index (χ3n) is 3.01. The van der Waals surface area contributed by atoms with Gasteiger partial charge in [0.15, 0.2) is 0 Å². The highest BCUT2D eigenvalue weighted by atomic mass is 16.5. The maximum atomic E-state index is 11.7. The van der Waals surface area contributed by atoms with Gasteiger partial charge in [-0.15, -0.1) is 0 Å². The smallest absolute Gasteiger partial charge is 0.229 e. The van der Waals surface area contributed by atoms with Crippen LogP contribution in [0.15, 0.2) is 12.3 Å². The lowest BCUT2D eigenvalue weighted by molar-refractivity contribution is -0.118. The van der Waals surface area contributed by atoms with Crippen molar-refractivity contribution in [2.24, 2.45) is 17.8 Å². The lowest BCUT2D eigenvalue weighted by Crippen LogP contribution is -2.18. The number of hydrogen-bond donors (Lipinski definition) is 2. The van der Waals surface area contributed by atoms with Gasteiger partial charge in [-0.25, -0.2) is 0 Å². The highest BCUT2D eigenvalue weighted by Gasteiger charge is 2.57. The van der Waals surface area contributed by atoms with Gasteiger partial charge in [0, 0.05) is 12.0 Å². The van der Waals surface area contributed by atoms with Gasteiger partial charge in [0.1, 0.15) is 5.82 Å². The number of H-pyrrole nitrogens is 1. The standard InChI is InChI=1S/C9H11N3O2/c13-9(11-7-1-2-10-12-7)8-5-3-14-4-6(5)8/h1-2,5-6,8H,3-4H2,(H2,10,11,12,13). The van der Waals surface area contributed by atoms with Gasteiger partial charge in [0.25, 0.3) is 0 Å². The average Bonchev–Trinajstić information content (AvgIpc) is 2.63. The number of rotatable bonds is 2. The fourth-order valence-electron chi connectivity index (χ4n) is 2.17. The van der Waals surface area contributed by atoms with E-state index in [0.717, 1.165) is 13.2 Å². The van der Waals surface area contributed by atoms with Crippen molar-refractivity contribution >= 4 is 11.7 Å². The number of carbonyl (C=O) groups is 1. The second kappa shape index (κ2) is 2.81. The molecule has 2 N–H and O–H groups in total. The topological polar surface area (TPSA) is 67.0 Å². The van der Waals surface area contributed by atoms with E-state index in [9.17, 15) is 4.79 Å². The number of nitrogens with one attached hydrogen (secondary N) is 2. The normalized spacial score (nSPS) is 33.9. The number of nitrogens with zero attached hydrogens (tertiary/aromatic N) is 1. The first-order valence-electron chi connectivity index (χ1n) is 4.74. The van der Waals surface area contributed by atoms with E-state index in [0.29, 0.717) is 17.7 Å². The van der Waals surface area contributed by atoms with Crippen molar-refractivity contribution in [3.05, 3.63) is 12.3 Å². The van der Waals surface area contributed by atoms with Crippen molar-refractivity contribution in [3.63, 3.8) is 0 Å². The van der Waals surface area contributed by atoms with Crippen LogP contribution in [0.1, 0.15) is 0 Å². The van der Waals surface area contributed by atoms with Crippen LogP contribution < -0.4 is 5.32 Å².